The van der Waals surface area contributed by atoms with Crippen molar-refractivity contribution in [2.75, 3.05) is 32.9 Å². The Hall–Kier alpha value is -0.730. The van der Waals surface area contributed by atoms with Gasteiger partial charge >= 0.3 is 0 Å². The first-order valence-electron chi connectivity index (χ1n) is 13.7. The minimum absolute atomic E-state index is 0.0420. The summed E-state index contributed by atoms with van der Waals surface area (Å²) in [5.74, 6) is 1.06. The highest BCUT2D eigenvalue weighted by Crippen LogP contribution is 2.39. The summed E-state index contributed by atoms with van der Waals surface area (Å²) < 4.78 is 11.8. The van der Waals surface area contributed by atoms with Crippen molar-refractivity contribution in [1.82, 2.24) is 10.2 Å². The Labute approximate surface area is 198 Å². The maximum absolute atomic E-state index is 13.7. The first-order chi connectivity index (χ1) is 16.1. The lowest BCUT2D eigenvalue weighted by molar-refractivity contribution is -0.158. The van der Waals surface area contributed by atoms with Crippen LogP contribution in [0.3, 0.4) is 0 Å². The largest absolute Gasteiger partial charge is 0.393 e. The number of amides is 1. The van der Waals surface area contributed by atoms with Gasteiger partial charge in [-0.3, -0.25) is 4.79 Å². The Balaban J connectivity index is 1.22. The lowest BCUT2D eigenvalue weighted by Crippen LogP contribution is -2.52. The standard InChI is InChI=1S/C26H44N2O5/c29-20-11-23(30)25(24(12-20)33-15-17-5-2-1-3-6-17)26(31)28-13-18-7-4-8-22(21(18)14-28)27-19-9-10-32-16-19/h17-25,27,29-30H,1-16H2/t18?,19-,20?,21?,22?,23?,24?,25?/m0/s1. The van der Waals surface area contributed by atoms with Gasteiger partial charge in [-0.1, -0.05) is 25.7 Å². The molecule has 5 rings (SSSR count). The molecule has 8 atom stereocenters. The number of rotatable bonds is 6. The number of ether oxygens (including phenoxy) is 2. The number of fused-ring (bicyclic) bond motifs is 1. The third-order valence-electron chi connectivity index (χ3n) is 9.18. The number of nitrogens with one attached hydrogen (secondary N) is 1. The van der Waals surface area contributed by atoms with Gasteiger partial charge in [0.1, 0.15) is 0 Å². The van der Waals surface area contributed by atoms with E-state index in [1.807, 2.05) is 4.90 Å². The summed E-state index contributed by atoms with van der Waals surface area (Å²) in [4.78, 5) is 15.8. The van der Waals surface area contributed by atoms with Crippen LogP contribution in [0.5, 0.6) is 0 Å². The molecule has 188 valence electrons. The van der Waals surface area contributed by atoms with Crippen LogP contribution in [0.4, 0.5) is 0 Å². The van der Waals surface area contributed by atoms with E-state index >= 15 is 0 Å². The number of aliphatic hydroxyl groups excluding tert-OH is 2. The number of hydrogen-bond donors (Lipinski definition) is 3. The van der Waals surface area contributed by atoms with Crippen LogP contribution in [0.1, 0.15) is 70.6 Å². The van der Waals surface area contributed by atoms with Crippen molar-refractivity contribution in [3.63, 3.8) is 0 Å². The van der Waals surface area contributed by atoms with Gasteiger partial charge < -0.3 is 29.9 Å². The molecule has 2 aliphatic heterocycles. The highest BCUT2D eigenvalue weighted by Gasteiger charge is 2.48. The number of nitrogens with zero attached hydrogens (tertiary/aromatic N) is 1. The quantitative estimate of drug-likeness (QED) is 0.558. The second-order valence-corrected chi connectivity index (χ2v) is 11.5. The maximum Gasteiger partial charge on any atom is 0.230 e. The molecule has 0 bridgehead atoms. The van der Waals surface area contributed by atoms with Crippen molar-refractivity contribution in [1.29, 1.82) is 0 Å². The van der Waals surface area contributed by atoms with Crippen LogP contribution in [0.2, 0.25) is 0 Å². The van der Waals surface area contributed by atoms with Crippen molar-refractivity contribution < 1.29 is 24.5 Å². The maximum atomic E-state index is 13.7. The van der Waals surface area contributed by atoms with Crippen LogP contribution in [-0.4, -0.2) is 84.3 Å². The van der Waals surface area contributed by atoms with Crippen LogP contribution in [0.15, 0.2) is 0 Å². The fourth-order valence-electron chi connectivity index (χ4n) is 7.33. The Kier molecular flexibility index (Phi) is 7.92. The molecule has 3 aliphatic carbocycles. The molecule has 0 radical (unpaired) electrons. The molecular formula is C26H44N2O5. The SMILES string of the molecule is O=C(C1C(O)CC(O)CC1OCC1CCCCC1)N1CC2CCCC(N[C@H]3CCOC3)C2C1. The smallest absolute Gasteiger partial charge is 0.230 e. The van der Waals surface area contributed by atoms with Crippen molar-refractivity contribution in [2.24, 2.45) is 23.7 Å². The van der Waals surface area contributed by atoms with Gasteiger partial charge in [0.2, 0.25) is 5.91 Å². The molecule has 2 saturated heterocycles. The zero-order chi connectivity index (χ0) is 22.8. The molecule has 5 fully saturated rings. The second kappa shape index (κ2) is 10.9. The minimum Gasteiger partial charge on any atom is -0.393 e. The van der Waals surface area contributed by atoms with Gasteiger partial charge in [0, 0.05) is 51.2 Å². The molecule has 0 spiro atoms. The van der Waals surface area contributed by atoms with E-state index in [9.17, 15) is 15.0 Å². The molecule has 0 aromatic rings. The molecule has 0 aromatic heterocycles. The first-order valence-corrected chi connectivity index (χ1v) is 13.7. The molecule has 0 aromatic carbocycles. The predicted octanol–water partition coefficient (Wildman–Crippen LogP) is 2.09. The number of carbonyl (C=O) groups excluding carboxylic acids is 1. The third-order valence-corrected chi connectivity index (χ3v) is 9.18. The molecule has 33 heavy (non-hydrogen) atoms. The molecular weight excluding hydrogens is 420 g/mol. The molecule has 1 amide bonds. The Morgan fingerprint density at radius 3 is 2.64 bits per heavy atom. The average molecular weight is 465 g/mol. The van der Waals surface area contributed by atoms with Gasteiger partial charge in [0.15, 0.2) is 0 Å². The first kappa shape index (κ1) is 24.0. The van der Waals surface area contributed by atoms with E-state index in [4.69, 9.17) is 9.47 Å². The van der Waals surface area contributed by atoms with Gasteiger partial charge in [-0.2, -0.15) is 0 Å². The minimum atomic E-state index is -0.829. The zero-order valence-electron chi connectivity index (χ0n) is 20.1. The summed E-state index contributed by atoms with van der Waals surface area (Å²) >= 11 is 0. The van der Waals surface area contributed by atoms with Crippen molar-refractivity contribution in [2.45, 2.75) is 101 Å². The Morgan fingerprint density at radius 2 is 1.85 bits per heavy atom. The lowest BCUT2D eigenvalue weighted by atomic mass is 9.78. The summed E-state index contributed by atoms with van der Waals surface area (Å²) in [5, 5.41) is 25.0. The molecule has 7 heteroatoms. The third kappa shape index (κ3) is 5.58. The van der Waals surface area contributed by atoms with Gasteiger partial charge in [0.25, 0.3) is 0 Å². The molecule has 7 unspecified atom stereocenters. The van der Waals surface area contributed by atoms with Gasteiger partial charge in [0.05, 0.1) is 30.8 Å². The molecule has 2 heterocycles. The summed E-state index contributed by atoms with van der Waals surface area (Å²) in [6, 6.07) is 0.891. The number of likely N-dealkylation sites (tertiary alicyclic amines) is 1. The van der Waals surface area contributed by atoms with E-state index in [2.05, 4.69) is 5.32 Å². The van der Waals surface area contributed by atoms with Crippen LogP contribution >= 0.6 is 0 Å². The van der Waals surface area contributed by atoms with Gasteiger partial charge in [-0.25, -0.2) is 0 Å². The van der Waals surface area contributed by atoms with Crippen molar-refractivity contribution in [3.8, 4) is 0 Å². The van der Waals surface area contributed by atoms with Crippen LogP contribution in [0.25, 0.3) is 0 Å². The average Bonchev–Trinajstić information content (AvgIpc) is 3.48. The topological polar surface area (TPSA) is 91.3 Å². The lowest BCUT2D eigenvalue weighted by Gasteiger charge is -2.39. The van der Waals surface area contributed by atoms with Crippen molar-refractivity contribution >= 4 is 5.91 Å². The van der Waals surface area contributed by atoms with Gasteiger partial charge in [-0.15, -0.1) is 0 Å². The summed E-state index contributed by atoms with van der Waals surface area (Å²) in [6.45, 7) is 3.86. The number of carbonyl (C=O) groups is 1. The fourth-order valence-corrected chi connectivity index (χ4v) is 7.33. The van der Waals surface area contributed by atoms with E-state index in [1.54, 1.807) is 0 Å². The molecule has 7 nitrogen and oxygen atoms in total. The van der Waals surface area contributed by atoms with E-state index < -0.39 is 18.1 Å². The summed E-state index contributed by atoms with van der Waals surface area (Å²) in [5.41, 5.74) is 0. The van der Waals surface area contributed by atoms with Crippen LogP contribution < -0.4 is 5.32 Å². The highest BCUT2D eigenvalue weighted by atomic mass is 16.5. The van der Waals surface area contributed by atoms with Crippen LogP contribution in [0, 0.1) is 23.7 Å². The number of hydrogen-bond acceptors (Lipinski definition) is 6. The van der Waals surface area contributed by atoms with E-state index in [-0.39, 0.29) is 18.4 Å². The van der Waals surface area contributed by atoms with Crippen LogP contribution in [-0.2, 0) is 14.3 Å². The second-order valence-electron chi connectivity index (χ2n) is 11.5. The zero-order valence-corrected chi connectivity index (χ0v) is 20.1. The van der Waals surface area contributed by atoms with Gasteiger partial charge in [-0.05, 0) is 49.9 Å². The van der Waals surface area contributed by atoms with Crippen molar-refractivity contribution in [3.05, 3.63) is 0 Å². The molecule has 3 N–H and O–H groups in total. The summed E-state index contributed by atoms with van der Waals surface area (Å²) in [7, 11) is 0. The monoisotopic (exact) mass is 464 g/mol. The Morgan fingerprint density at radius 1 is 1.00 bits per heavy atom. The van der Waals surface area contributed by atoms with E-state index in [0.29, 0.717) is 42.9 Å². The van der Waals surface area contributed by atoms with E-state index in [1.165, 1.54) is 51.4 Å². The molecule has 3 saturated carbocycles. The predicted molar refractivity (Wildman–Crippen MR) is 125 cm³/mol. The Bertz CT molecular complexity index is 651. The number of aliphatic hydroxyl groups is 2. The van der Waals surface area contributed by atoms with E-state index in [0.717, 1.165) is 32.7 Å². The fraction of sp³-hybridized carbons (Fsp3) is 0.962. The normalized spacial score (nSPS) is 42.4. The highest BCUT2D eigenvalue weighted by molar-refractivity contribution is 5.80. The summed E-state index contributed by atoms with van der Waals surface area (Å²) in [6.07, 6.45) is 9.74. The molecule has 5 aliphatic rings.